The number of sulfonamides is 2. The van der Waals surface area contributed by atoms with Gasteiger partial charge in [-0.05, 0) is 56.4 Å². The van der Waals surface area contributed by atoms with E-state index in [9.17, 15) is 16.8 Å². The van der Waals surface area contributed by atoms with Gasteiger partial charge in [0.25, 0.3) is 0 Å². The van der Waals surface area contributed by atoms with Crippen LogP contribution in [0.25, 0.3) is 0 Å². The van der Waals surface area contributed by atoms with Crippen LogP contribution in [0, 0.1) is 13.8 Å². The number of ether oxygens (including phenoxy) is 1. The predicted octanol–water partition coefficient (Wildman–Crippen LogP) is 1.55. The highest BCUT2D eigenvalue weighted by atomic mass is 32.2. The number of rotatable bonds is 7. The Labute approximate surface area is 150 Å². The van der Waals surface area contributed by atoms with Crippen LogP contribution >= 0.6 is 0 Å². The number of methoxy groups -OCH3 is 1. The minimum atomic E-state index is -3.65. The molecule has 0 unspecified atom stereocenters. The van der Waals surface area contributed by atoms with E-state index >= 15 is 0 Å². The molecule has 7 nitrogen and oxygen atoms in total. The minimum Gasteiger partial charge on any atom is -0.385 e. The van der Waals surface area contributed by atoms with Crippen molar-refractivity contribution in [2.75, 3.05) is 36.9 Å². The van der Waals surface area contributed by atoms with Crippen LogP contribution in [0.4, 0.5) is 5.69 Å². The molecule has 0 radical (unpaired) electrons. The predicted molar refractivity (Wildman–Crippen MR) is 98.0 cm³/mol. The molecule has 0 amide bonds. The molecule has 1 saturated heterocycles. The van der Waals surface area contributed by atoms with Gasteiger partial charge in [-0.3, -0.25) is 4.31 Å². The lowest BCUT2D eigenvalue weighted by Gasteiger charge is -2.29. The molecule has 0 aromatic heterocycles. The highest BCUT2D eigenvalue weighted by Gasteiger charge is 2.28. The molecule has 1 heterocycles. The van der Waals surface area contributed by atoms with Crippen LogP contribution in [-0.2, 0) is 24.8 Å². The Hall–Kier alpha value is -1.16. The second-order valence-electron chi connectivity index (χ2n) is 6.25. The van der Waals surface area contributed by atoms with Gasteiger partial charge in [0.15, 0.2) is 0 Å². The molecule has 142 valence electrons. The summed E-state index contributed by atoms with van der Waals surface area (Å²) in [5.74, 6) is 0.131. The fourth-order valence-corrected chi connectivity index (χ4v) is 6.22. The molecule has 1 aromatic carbocycles. The van der Waals surface area contributed by atoms with Crippen LogP contribution in [0.2, 0.25) is 0 Å². The molecule has 1 fully saturated rings. The number of hydrogen-bond acceptors (Lipinski definition) is 5. The number of hydrogen-bond donors (Lipinski definition) is 1. The van der Waals surface area contributed by atoms with Crippen molar-refractivity contribution in [3.05, 3.63) is 23.3 Å². The van der Waals surface area contributed by atoms with Gasteiger partial charge in [0.2, 0.25) is 20.0 Å². The quantitative estimate of drug-likeness (QED) is 0.713. The first-order valence-electron chi connectivity index (χ1n) is 8.29. The van der Waals surface area contributed by atoms with E-state index in [1.165, 1.54) is 4.31 Å². The van der Waals surface area contributed by atoms with E-state index < -0.39 is 20.0 Å². The van der Waals surface area contributed by atoms with Crippen LogP contribution in [0.15, 0.2) is 17.0 Å². The second-order valence-corrected chi connectivity index (χ2v) is 9.96. The molecule has 1 aliphatic heterocycles. The SMILES string of the molecule is COCCCNS(=O)(=O)c1c(C)cc(N2CCCCS2(=O)=O)cc1C. The zero-order valence-corrected chi connectivity index (χ0v) is 16.5. The van der Waals surface area contributed by atoms with Gasteiger partial charge >= 0.3 is 0 Å². The lowest BCUT2D eigenvalue weighted by atomic mass is 10.1. The van der Waals surface area contributed by atoms with Gasteiger partial charge < -0.3 is 4.74 Å². The third kappa shape index (κ3) is 4.72. The molecule has 1 N–H and O–H groups in total. The first-order chi connectivity index (χ1) is 11.7. The number of nitrogens with one attached hydrogen (secondary N) is 1. The van der Waals surface area contributed by atoms with Crippen molar-refractivity contribution in [2.45, 2.75) is 38.0 Å². The van der Waals surface area contributed by atoms with Crippen molar-refractivity contribution in [2.24, 2.45) is 0 Å². The second kappa shape index (κ2) is 8.03. The standard InChI is InChI=1S/C16H26N2O5S2/c1-13-11-15(18-8-4-5-10-24(18,19)20)12-14(2)16(13)25(21,22)17-7-6-9-23-3/h11-12,17H,4-10H2,1-3H3. The summed E-state index contributed by atoms with van der Waals surface area (Å²) in [5, 5.41) is 0. The third-order valence-electron chi connectivity index (χ3n) is 4.17. The molecular weight excluding hydrogens is 364 g/mol. The summed E-state index contributed by atoms with van der Waals surface area (Å²) in [6, 6.07) is 3.28. The summed E-state index contributed by atoms with van der Waals surface area (Å²) in [6.45, 7) is 4.58. The lowest BCUT2D eigenvalue weighted by Crippen LogP contribution is -2.38. The molecule has 0 spiro atoms. The van der Waals surface area contributed by atoms with Gasteiger partial charge in [0, 0.05) is 26.8 Å². The average Bonchev–Trinajstić information content (AvgIpc) is 2.50. The molecule has 25 heavy (non-hydrogen) atoms. The molecular formula is C16H26N2O5S2. The molecule has 1 aromatic rings. The summed E-state index contributed by atoms with van der Waals surface area (Å²) in [6.07, 6.45) is 2.05. The van der Waals surface area contributed by atoms with Crippen molar-refractivity contribution in [1.29, 1.82) is 0 Å². The highest BCUT2D eigenvalue weighted by molar-refractivity contribution is 7.92. The van der Waals surface area contributed by atoms with E-state index in [1.54, 1.807) is 33.1 Å². The summed E-state index contributed by atoms with van der Waals surface area (Å²) >= 11 is 0. The van der Waals surface area contributed by atoms with Crippen LogP contribution in [0.5, 0.6) is 0 Å². The Bertz CT molecular complexity index is 796. The molecule has 0 atom stereocenters. The highest BCUT2D eigenvalue weighted by Crippen LogP contribution is 2.30. The first-order valence-corrected chi connectivity index (χ1v) is 11.4. The minimum absolute atomic E-state index is 0.131. The molecule has 9 heteroatoms. The maximum atomic E-state index is 12.6. The van der Waals surface area contributed by atoms with Gasteiger partial charge in [-0.1, -0.05) is 0 Å². The van der Waals surface area contributed by atoms with Gasteiger partial charge in [-0.25, -0.2) is 21.6 Å². The zero-order valence-electron chi connectivity index (χ0n) is 14.9. The van der Waals surface area contributed by atoms with E-state index in [1.807, 2.05) is 0 Å². The molecule has 0 bridgehead atoms. The number of benzene rings is 1. The van der Waals surface area contributed by atoms with Gasteiger partial charge in [-0.2, -0.15) is 0 Å². The van der Waals surface area contributed by atoms with Crippen molar-refractivity contribution < 1.29 is 21.6 Å². The monoisotopic (exact) mass is 390 g/mol. The Morgan fingerprint density at radius 3 is 2.40 bits per heavy atom. The van der Waals surface area contributed by atoms with Crippen LogP contribution < -0.4 is 9.03 Å². The van der Waals surface area contributed by atoms with Gasteiger partial charge in [-0.15, -0.1) is 0 Å². The smallest absolute Gasteiger partial charge is 0.241 e. The first kappa shape index (κ1) is 20.2. The number of anilines is 1. The van der Waals surface area contributed by atoms with Crippen molar-refractivity contribution in [3.63, 3.8) is 0 Å². The molecule has 1 aliphatic rings. The zero-order chi connectivity index (χ0) is 18.7. The molecule has 2 rings (SSSR count). The topological polar surface area (TPSA) is 92.8 Å². The summed E-state index contributed by atoms with van der Waals surface area (Å²) in [7, 11) is -5.41. The average molecular weight is 391 g/mol. The fourth-order valence-electron chi connectivity index (χ4n) is 3.07. The fraction of sp³-hybridized carbons (Fsp3) is 0.625. The van der Waals surface area contributed by atoms with Crippen molar-refractivity contribution in [1.82, 2.24) is 4.72 Å². The number of nitrogens with zero attached hydrogens (tertiary/aromatic N) is 1. The Morgan fingerprint density at radius 2 is 1.84 bits per heavy atom. The third-order valence-corrected chi connectivity index (χ3v) is 7.80. The maximum Gasteiger partial charge on any atom is 0.241 e. The van der Waals surface area contributed by atoms with Gasteiger partial charge in [0.1, 0.15) is 0 Å². The van der Waals surface area contributed by atoms with Crippen LogP contribution in [0.3, 0.4) is 0 Å². The lowest BCUT2D eigenvalue weighted by molar-refractivity contribution is 0.196. The van der Waals surface area contributed by atoms with E-state index in [4.69, 9.17) is 4.74 Å². The van der Waals surface area contributed by atoms with Gasteiger partial charge in [0.05, 0.1) is 16.3 Å². The molecule has 0 saturated carbocycles. The summed E-state index contributed by atoms with van der Waals surface area (Å²) in [5.41, 5.74) is 1.61. The summed E-state index contributed by atoms with van der Waals surface area (Å²) < 4.78 is 58.6. The Morgan fingerprint density at radius 1 is 1.20 bits per heavy atom. The summed E-state index contributed by atoms with van der Waals surface area (Å²) in [4.78, 5) is 0.211. The normalized spacial score (nSPS) is 17.6. The van der Waals surface area contributed by atoms with E-state index in [2.05, 4.69) is 4.72 Å². The molecule has 0 aliphatic carbocycles. The largest absolute Gasteiger partial charge is 0.385 e. The van der Waals surface area contributed by atoms with E-state index in [0.29, 0.717) is 42.8 Å². The van der Waals surface area contributed by atoms with E-state index in [-0.39, 0.29) is 17.2 Å². The Kier molecular flexibility index (Phi) is 6.47. The maximum absolute atomic E-state index is 12.6. The van der Waals surface area contributed by atoms with Crippen LogP contribution in [-0.4, -0.2) is 49.4 Å². The Balaban J connectivity index is 2.31. The van der Waals surface area contributed by atoms with Crippen molar-refractivity contribution >= 4 is 25.7 Å². The van der Waals surface area contributed by atoms with E-state index in [0.717, 1.165) is 6.42 Å². The van der Waals surface area contributed by atoms with Crippen LogP contribution in [0.1, 0.15) is 30.4 Å². The number of aryl methyl sites for hydroxylation is 2. The van der Waals surface area contributed by atoms with Crippen molar-refractivity contribution in [3.8, 4) is 0 Å².